The van der Waals surface area contributed by atoms with E-state index in [1.165, 1.54) is 35.0 Å². The van der Waals surface area contributed by atoms with Gasteiger partial charge in [0.25, 0.3) is 5.91 Å². The minimum absolute atomic E-state index is 0.205. The van der Waals surface area contributed by atoms with Crippen LogP contribution in [-0.4, -0.2) is 23.1 Å². The number of benzene rings is 5. The summed E-state index contributed by atoms with van der Waals surface area (Å²) in [5.41, 5.74) is 3.89. The zero-order chi connectivity index (χ0) is 30.0. The molecule has 8 heteroatoms. The molecule has 0 saturated heterocycles. The molecule has 43 heavy (non-hydrogen) atoms. The molecule has 3 nitrogen and oxygen atoms in total. The van der Waals surface area contributed by atoms with Crippen molar-refractivity contribution in [2.24, 2.45) is 0 Å². The lowest BCUT2D eigenvalue weighted by Gasteiger charge is -2.23. The molecule has 0 spiro atoms. The third-order valence-electron chi connectivity index (χ3n) is 6.78. The van der Waals surface area contributed by atoms with Crippen molar-refractivity contribution in [1.82, 2.24) is 9.62 Å². The fourth-order valence-corrected chi connectivity index (χ4v) is 6.23. The lowest BCUT2D eigenvalue weighted by atomic mass is 10.0. The smallest absolute Gasteiger partial charge is 0.261 e. The number of hydrogen-bond acceptors (Lipinski definition) is 4. The lowest BCUT2D eigenvalue weighted by molar-refractivity contribution is 0.0984. The molecule has 1 amide bonds. The molecule has 0 aliphatic rings. The first-order valence-electron chi connectivity index (χ1n) is 13.7. The number of carbonyl (C=O) groups excluding carboxylic acids is 1. The standard InChI is InChI=1S/C35H29ClF2N2OS2/c36-33-7-4-8-34(38)32(33)24-40(21-22-42-30-5-2-1-3-6-30)23-25-9-19-31(20-10-25)43-39-35(41)28-13-11-26(12-14-28)27-15-17-29(37)18-16-27/h1-20H,21-24H2,(H,39,41). The largest absolute Gasteiger partial charge is 0.294 e. The Bertz CT molecular complexity index is 1610. The SMILES string of the molecule is O=C(NSc1ccc(CN(CCSc2ccccc2)Cc2c(F)cccc2Cl)cc1)c1ccc(-c2ccc(F)cc2)cc1. The summed E-state index contributed by atoms with van der Waals surface area (Å²) in [6.45, 7) is 1.77. The predicted octanol–water partition coefficient (Wildman–Crippen LogP) is 9.52. The summed E-state index contributed by atoms with van der Waals surface area (Å²) in [5, 5.41) is 0.424. The van der Waals surface area contributed by atoms with E-state index in [-0.39, 0.29) is 17.5 Å². The lowest BCUT2D eigenvalue weighted by Crippen LogP contribution is -2.26. The molecular formula is C35H29ClF2N2OS2. The van der Waals surface area contributed by atoms with Crippen LogP contribution >= 0.6 is 35.3 Å². The van der Waals surface area contributed by atoms with Gasteiger partial charge in [-0.25, -0.2) is 8.78 Å². The topological polar surface area (TPSA) is 32.3 Å². The molecule has 5 rings (SSSR count). The van der Waals surface area contributed by atoms with Crippen LogP contribution in [0, 0.1) is 11.6 Å². The van der Waals surface area contributed by atoms with Crippen LogP contribution in [0.15, 0.2) is 131 Å². The second-order valence-corrected chi connectivity index (χ2v) is 12.3. The molecule has 1 N–H and O–H groups in total. The first-order valence-corrected chi connectivity index (χ1v) is 15.9. The molecule has 0 aromatic heterocycles. The summed E-state index contributed by atoms with van der Waals surface area (Å²) in [6, 6.07) is 36.4. The van der Waals surface area contributed by atoms with Gasteiger partial charge in [0.2, 0.25) is 0 Å². The molecule has 0 bridgehead atoms. The summed E-state index contributed by atoms with van der Waals surface area (Å²) < 4.78 is 30.7. The fourth-order valence-electron chi connectivity index (χ4n) is 4.47. The first-order chi connectivity index (χ1) is 20.9. The number of carbonyl (C=O) groups is 1. The number of amides is 1. The average Bonchev–Trinajstić information content (AvgIpc) is 3.03. The van der Waals surface area contributed by atoms with Crippen molar-refractivity contribution in [3.8, 4) is 11.1 Å². The van der Waals surface area contributed by atoms with Gasteiger partial charge in [-0.05, 0) is 89.3 Å². The molecule has 5 aromatic rings. The van der Waals surface area contributed by atoms with Crippen LogP contribution in [0.3, 0.4) is 0 Å². The van der Waals surface area contributed by atoms with Crippen molar-refractivity contribution < 1.29 is 13.6 Å². The van der Waals surface area contributed by atoms with E-state index in [1.807, 2.05) is 54.6 Å². The summed E-state index contributed by atoms with van der Waals surface area (Å²) >= 11 is 9.36. The van der Waals surface area contributed by atoms with Gasteiger partial charge in [-0.1, -0.05) is 72.3 Å². The number of rotatable bonds is 12. The third-order valence-corrected chi connectivity index (χ3v) is 8.92. The molecule has 0 saturated carbocycles. The monoisotopic (exact) mass is 630 g/mol. The number of nitrogens with one attached hydrogen (secondary N) is 1. The van der Waals surface area contributed by atoms with Crippen LogP contribution in [0.4, 0.5) is 8.78 Å². The van der Waals surface area contributed by atoms with Gasteiger partial charge in [0.05, 0.1) is 0 Å². The molecule has 218 valence electrons. The van der Waals surface area contributed by atoms with Crippen LogP contribution in [0.25, 0.3) is 11.1 Å². The molecule has 0 aliphatic heterocycles. The van der Waals surface area contributed by atoms with Crippen LogP contribution < -0.4 is 4.72 Å². The van der Waals surface area contributed by atoms with Crippen molar-refractivity contribution in [1.29, 1.82) is 0 Å². The van der Waals surface area contributed by atoms with Crippen molar-refractivity contribution >= 4 is 41.2 Å². The van der Waals surface area contributed by atoms with E-state index >= 15 is 0 Å². The maximum atomic E-state index is 14.6. The number of hydrogen-bond donors (Lipinski definition) is 1. The van der Waals surface area contributed by atoms with Gasteiger partial charge in [0, 0.05) is 51.3 Å². The van der Waals surface area contributed by atoms with E-state index in [4.69, 9.17) is 11.6 Å². The Morgan fingerprint density at radius 1 is 0.721 bits per heavy atom. The predicted molar refractivity (Wildman–Crippen MR) is 174 cm³/mol. The highest BCUT2D eigenvalue weighted by molar-refractivity contribution is 7.99. The summed E-state index contributed by atoms with van der Waals surface area (Å²) in [7, 11) is 0. The van der Waals surface area contributed by atoms with Gasteiger partial charge in [-0.3, -0.25) is 14.4 Å². The summed E-state index contributed by atoms with van der Waals surface area (Å²) in [4.78, 5) is 17.0. The van der Waals surface area contributed by atoms with Crippen LogP contribution in [0.1, 0.15) is 21.5 Å². The second kappa shape index (κ2) is 15.2. The highest BCUT2D eigenvalue weighted by Crippen LogP contribution is 2.25. The third kappa shape index (κ3) is 8.94. The van der Waals surface area contributed by atoms with Gasteiger partial charge >= 0.3 is 0 Å². The average molecular weight is 631 g/mol. The maximum absolute atomic E-state index is 14.6. The van der Waals surface area contributed by atoms with Gasteiger partial charge in [-0.15, -0.1) is 11.8 Å². The molecule has 0 fully saturated rings. The maximum Gasteiger partial charge on any atom is 0.261 e. The normalized spacial score (nSPS) is 11.1. The molecule has 0 aliphatic carbocycles. The second-order valence-electron chi connectivity index (χ2n) is 9.83. The highest BCUT2D eigenvalue weighted by Gasteiger charge is 2.14. The van der Waals surface area contributed by atoms with Crippen molar-refractivity contribution in [2.75, 3.05) is 12.3 Å². The van der Waals surface area contributed by atoms with Crippen molar-refractivity contribution in [3.05, 3.63) is 155 Å². The van der Waals surface area contributed by atoms with E-state index < -0.39 is 0 Å². The van der Waals surface area contributed by atoms with Gasteiger partial charge in [0.1, 0.15) is 11.6 Å². The van der Waals surface area contributed by atoms with E-state index in [2.05, 4.69) is 21.8 Å². The number of halogens is 3. The minimum atomic E-state index is -0.305. The molecular weight excluding hydrogens is 602 g/mol. The molecule has 0 atom stereocenters. The van der Waals surface area contributed by atoms with Crippen LogP contribution in [0.2, 0.25) is 5.02 Å². The zero-order valence-corrected chi connectivity index (χ0v) is 25.6. The Labute approximate surface area is 264 Å². The van der Waals surface area contributed by atoms with Crippen LogP contribution in [-0.2, 0) is 13.1 Å². The Kier molecular flexibility index (Phi) is 10.9. The number of thioether (sulfide) groups is 1. The molecule has 0 radical (unpaired) electrons. The van der Waals surface area contributed by atoms with Gasteiger partial charge in [0.15, 0.2) is 0 Å². The molecule has 0 heterocycles. The Morgan fingerprint density at radius 2 is 1.40 bits per heavy atom. The molecule has 5 aromatic carbocycles. The number of nitrogens with zero attached hydrogens (tertiary/aromatic N) is 1. The van der Waals surface area contributed by atoms with Gasteiger partial charge < -0.3 is 0 Å². The Balaban J connectivity index is 1.18. The minimum Gasteiger partial charge on any atom is -0.294 e. The quantitative estimate of drug-likeness (QED) is 0.110. The molecule has 0 unspecified atom stereocenters. The van der Waals surface area contributed by atoms with Crippen LogP contribution in [0.5, 0.6) is 0 Å². The Morgan fingerprint density at radius 3 is 2.07 bits per heavy atom. The first kappa shape index (κ1) is 30.8. The van der Waals surface area contributed by atoms with Crippen molar-refractivity contribution in [3.63, 3.8) is 0 Å². The fraction of sp³-hybridized carbons (Fsp3) is 0.114. The van der Waals surface area contributed by atoms with E-state index in [1.54, 1.807) is 48.2 Å². The zero-order valence-electron chi connectivity index (χ0n) is 23.2. The van der Waals surface area contributed by atoms with E-state index in [0.717, 1.165) is 33.9 Å². The van der Waals surface area contributed by atoms with Gasteiger partial charge in [-0.2, -0.15) is 0 Å². The highest BCUT2D eigenvalue weighted by atomic mass is 35.5. The van der Waals surface area contributed by atoms with Crippen molar-refractivity contribution in [2.45, 2.75) is 22.9 Å². The van der Waals surface area contributed by atoms with E-state index in [0.29, 0.717) is 29.2 Å². The van der Waals surface area contributed by atoms with E-state index in [9.17, 15) is 13.6 Å². The summed E-state index contributed by atoms with van der Waals surface area (Å²) in [6.07, 6.45) is 0. The summed E-state index contributed by atoms with van der Waals surface area (Å²) in [5.74, 6) is 0.0536. The Hall–Kier alpha value is -3.62.